The summed E-state index contributed by atoms with van der Waals surface area (Å²) >= 11 is 1.14. The third-order valence-electron chi connectivity index (χ3n) is 4.35. The van der Waals surface area contributed by atoms with E-state index in [1.807, 2.05) is 13.0 Å². The van der Waals surface area contributed by atoms with Crippen LogP contribution in [0, 0.1) is 6.92 Å². The number of carbonyl (C=O) groups is 1. The molecule has 2 aromatic carbocycles. The molecule has 1 N–H and O–H groups in total. The zero-order valence-electron chi connectivity index (χ0n) is 17.8. The van der Waals surface area contributed by atoms with E-state index in [9.17, 15) is 4.79 Å². The molecule has 0 saturated heterocycles. The fourth-order valence-electron chi connectivity index (χ4n) is 2.81. The second kappa shape index (κ2) is 10.1. The maximum atomic E-state index is 12.3. The number of ether oxygens (including phenoxy) is 4. The highest BCUT2D eigenvalue weighted by molar-refractivity contribution is 7.99. The van der Waals surface area contributed by atoms with E-state index in [0.717, 1.165) is 28.8 Å². The molecule has 0 aliphatic heterocycles. The predicted molar refractivity (Wildman–Crippen MR) is 116 cm³/mol. The van der Waals surface area contributed by atoms with Gasteiger partial charge in [-0.05, 0) is 42.8 Å². The van der Waals surface area contributed by atoms with Crippen molar-refractivity contribution in [1.82, 2.24) is 10.2 Å². The summed E-state index contributed by atoms with van der Waals surface area (Å²) in [5, 5.41) is 11.2. The molecule has 1 aromatic heterocycles. The van der Waals surface area contributed by atoms with Crippen molar-refractivity contribution in [2.45, 2.75) is 12.1 Å². The lowest BCUT2D eigenvalue weighted by Crippen LogP contribution is -2.14. The van der Waals surface area contributed by atoms with Gasteiger partial charge in [0.15, 0.2) is 11.5 Å². The van der Waals surface area contributed by atoms with E-state index >= 15 is 0 Å². The molecule has 0 aliphatic rings. The molecule has 10 heteroatoms. The van der Waals surface area contributed by atoms with Crippen LogP contribution in [0.25, 0.3) is 11.5 Å². The van der Waals surface area contributed by atoms with Crippen molar-refractivity contribution in [3.05, 3.63) is 35.9 Å². The van der Waals surface area contributed by atoms with Crippen LogP contribution in [0.3, 0.4) is 0 Å². The fourth-order valence-corrected chi connectivity index (χ4v) is 3.37. The van der Waals surface area contributed by atoms with Crippen LogP contribution in [0.1, 0.15) is 5.56 Å². The van der Waals surface area contributed by atoms with E-state index in [2.05, 4.69) is 15.5 Å². The summed E-state index contributed by atoms with van der Waals surface area (Å²) in [6.45, 7) is 1.90. The number of aromatic nitrogens is 2. The molecule has 0 aliphatic carbocycles. The standard InChI is InChI=1S/C21H23N3O6S/c1-12-8-14(26-2)6-7-15(12)22-18(25)11-31-21-24-23-20(30-21)13-9-16(27-3)19(29-5)17(10-13)28-4/h6-10H,11H2,1-5H3,(H,22,25). The van der Waals surface area contributed by atoms with Gasteiger partial charge in [-0.2, -0.15) is 0 Å². The first-order valence-corrected chi connectivity index (χ1v) is 10.2. The van der Waals surface area contributed by atoms with Crippen LogP contribution >= 0.6 is 11.8 Å². The molecular formula is C21H23N3O6S. The first-order chi connectivity index (χ1) is 15.0. The Bertz CT molecular complexity index is 1040. The summed E-state index contributed by atoms with van der Waals surface area (Å²) in [4.78, 5) is 12.3. The van der Waals surface area contributed by atoms with Crippen LogP contribution in [0.4, 0.5) is 5.69 Å². The van der Waals surface area contributed by atoms with Crippen LogP contribution in [0.2, 0.25) is 0 Å². The van der Waals surface area contributed by atoms with Crippen molar-refractivity contribution in [3.63, 3.8) is 0 Å². The summed E-state index contributed by atoms with van der Waals surface area (Å²) in [6, 6.07) is 8.86. The number of aryl methyl sites for hydroxylation is 1. The third-order valence-corrected chi connectivity index (χ3v) is 5.17. The Morgan fingerprint density at radius 2 is 1.71 bits per heavy atom. The Hall–Kier alpha value is -3.40. The Balaban J connectivity index is 1.67. The van der Waals surface area contributed by atoms with E-state index in [1.165, 1.54) is 21.3 Å². The lowest BCUT2D eigenvalue weighted by atomic mass is 10.2. The minimum Gasteiger partial charge on any atom is -0.497 e. The van der Waals surface area contributed by atoms with Gasteiger partial charge in [-0.15, -0.1) is 10.2 Å². The number of nitrogens with zero attached hydrogens (tertiary/aromatic N) is 2. The predicted octanol–water partition coefficient (Wildman–Crippen LogP) is 3.81. The molecule has 9 nitrogen and oxygen atoms in total. The van der Waals surface area contributed by atoms with Gasteiger partial charge in [0.25, 0.3) is 5.22 Å². The van der Waals surface area contributed by atoms with Gasteiger partial charge in [0.05, 0.1) is 34.2 Å². The number of anilines is 1. The molecular weight excluding hydrogens is 422 g/mol. The van der Waals surface area contributed by atoms with Crippen LogP contribution in [-0.4, -0.2) is 50.3 Å². The third kappa shape index (κ3) is 5.21. The SMILES string of the molecule is COc1ccc(NC(=O)CSc2nnc(-c3cc(OC)c(OC)c(OC)c3)o2)c(C)c1. The first-order valence-electron chi connectivity index (χ1n) is 9.20. The maximum Gasteiger partial charge on any atom is 0.277 e. The highest BCUT2D eigenvalue weighted by Crippen LogP contribution is 2.41. The van der Waals surface area contributed by atoms with Gasteiger partial charge in [-0.1, -0.05) is 11.8 Å². The van der Waals surface area contributed by atoms with Gasteiger partial charge >= 0.3 is 0 Å². The monoisotopic (exact) mass is 445 g/mol. The summed E-state index contributed by atoms with van der Waals surface area (Å²) in [5.41, 5.74) is 2.22. The molecule has 0 atom stereocenters. The number of rotatable bonds is 9. The minimum absolute atomic E-state index is 0.113. The fraction of sp³-hybridized carbons (Fsp3) is 0.286. The number of methoxy groups -OCH3 is 4. The Morgan fingerprint density at radius 3 is 2.29 bits per heavy atom. The summed E-state index contributed by atoms with van der Waals surface area (Å²) in [7, 11) is 6.18. The number of nitrogens with one attached hydrogen (secondary N) is 1. The van der Waals surface area contributed by atoms with E-state index in [0.29, 0.717) is 22.8 Å². The van der Waals surface area contributed by atoms with E-state index in [1.54, 1.807) is 31.4 Å². The Labute approximate surface area is 184 Å². The van der Waals surface area contributed by atoms with Gasteiger partial charge in [0, 0.05) is 11.3 Å². The van der Waals surface area contributed by atoms with Gasteiger partial charge in [0.1, 0.15) is 5.75 Å². The minimum atomic E-state index is -0.189. The molecule has 3 aromatic rings. The normalized spacial score (nSPS) is 10.5. The average Bonchev–Trinajstić information content (AvgIpc) is 3.27. The van der Waals surface area contributed by atoms with Crippen molar-refractivity contribution in [2.24, 2.45) is 0 Å². The van der Waals surface area contributed by atoms with Crippen LogP contribution in [0.5, 0.6) is 23.0 Å². The molecule has 1 amide bonds. The van der Waals surface area contributed by atoms with Crippen molar-refractivity contribution < 1.29 is 28.2 Å². The largest absolute Gasteiger partial charge is 0.497 e. The topological polar surface area (TPSA) is 105 Å². The molecule has 0 radical (unpaired) electrons. The lowest BCUT2D eigenvalue weighted by molar-refractivity contribution is -0.113. The Kier molecular flexibility index (Phi) is 7.24. The van der Waals surface area contributed by atoms with Gasteiger partial charge < -0.3 is 28.7 Å². The van der Waals surface area contributed by atoms with Gasteiger partial charge in [0.2, 0.25) is 17.5 Å². The van der Waals surface area contributed by atoms with E-state index < -0.39 is 0 Å². The number of carbonyl (C=O) groups excluding carboxylic acids is 1. The highest BCUT2D eigenvalue weighted by Gasteiger charge is 2.18. The molecule has 0 saturated carbocycles. The lowest BCUT2D eigenvalue weighted by Gasteiger charge is -2.12. The molecule has 0 bridgehead atoms. The van der Waals surface area contributed by atoms with Crippen molar-refractivity contribution in [3.8, 4) is 34.5 Å². The van der Waals surface area contributed by atoms with Crippen molar-refractivity contribution in [2.75, 3.05) is 39.5 Å². The number of hydrogen-bond acceptors (Lipinski definition) is 9. The van der Waals surface area contributed by atoms with E-state index in [4.69, 9.17) is 23.4 Å². The first kappa shape index (κ1) is 22.3. The second-order valence-corrected chi connectivity index (χ2v) is 7.23. The van der Waals surface area contributed by atoms with Gasteiger partial charge in [-0.25, -0.2) is 0 Å². The zero-order valence-corrected chi connectivity index (χ0v) is 18.7. The van der Waals surface area contributed by atoms with Crippen molar-refractivity contribution in [1.29, 1.82) is 0 Å². The number of thioether (sulfide) groups is 1. The zero-order chi connectivity index (χ0) is 22.4. The second-order valence-electron chi connectivity index (χ2n) is 6.30. The number of hydrogen-bond donors (Lipinski definition) is 1. The molecule has 31 heavy (non-hydrogen) atoms. The quantitative estimate of drug-likeness (QED) is 0.492. The highest BCUT2D eigenvalue weighted by atomic mass is 32.2. The van der Waals surface area contributed by atoms with E-state index in [-0.39, 0.29) is 22.8 Å². The molecule has 0 fully saturated rings. The van der Waals surface area contributed by atoms with Gasteiger partial charge in [-0.3, -0.25) is 4.79 Å². The van der Waals surface area contributed by atoms with Crippen LogP contribution in [0.15, 0.2) is 40.0 Å². The molecule has 0 unspecified atom stereocenters. The van der Waals surface area contributed by atoms with Crippen molar-refractivity contribution >= 4 is 23.4 Å². The maximum absolute atomic E-state index is 12.3. The molecule has 1 heterocycles. The summed E-state index contributed by atoms with van der Waals surface area (Å²) in [6.07, 6.45) is 0. The Morgan fingerprint density at radius 1 is 1.00 bits per heavy atom. The number of benzene rings is 2. The summed E-state index contributed by atoms with van der Waals surface area (Å²) in [5.74, 6) is 2.34. The number of amides is 1. The molecule has 3 rings (SSSR count). The smallest absolute Gasteiger partial charge is 0.277 e. The van der Waals surface area contributed by atoms with Crippen LogP contribution < -0.4 is 24.3 Å². The summed E-state index contributed by atoms with van der Waals surface area (Å²) < 4.78 is 26.9. The molecule has 164 valence electrons. The molecule has 0 spiro atoms. The van der Waals surface area contributed by atoms with Crippen LogP contribution in [-0.2, 0) is 4.79 Å². The average molecular weight is 445 g/mol.